The molecule has 0 aliphatic carbocycles. The molecule has 1 saturated heterocycles. The Balaban J connectivity index is 1.46. The van der Waals surface area contributed by atoms with Crippen molar-refractivity contribution in [1.82, 2.24) is 0 Å². The third-order valence-electron chi connectivity index (χ3n) is 5.78. The van der Waals surface area contributed by atoms with Crippen LogP contribution >= 0.6 is 24.0 Å². The zero-order chi connectivity index (χ0) is 25.8. The van der Waals surface area contributed by atoms with Crippen molar-refractivity contribution < 1.29 is 19.1 Å². The van der Waals surface area contributed by atoms with Crippen LogP contribution in [0.15, 0.2) is 65.6 Å². The largest absolute Gasteiger partial charge is 0.493 e. The molecule has 1 heterocycles. The normalized spacial score (nSPS) is 14.3. The molecule has 0 bridgehead atoms. The molecule has 3 aromatic rings. The molecule has 8 heteroatoms. The molecule has 1 N–H and O–H groups in total. The molecule has 0 radical (unpaired) electrons. The minimum Gasteiger partial charge on any atom is -0.493 e. The second-order valence-electron chi connectivity index (χ2n) is 8.35. The van der Waals surface area contributed by atoms with E-state index in [1.165, 1.54) is 18.9 Å². The summed E-state index contributed by atoms with van der Waals surface area (Å²) in [5.74, 6) is 0.447. The average Bonchev–Trinajstić information content (AvgIpc) is 3.13. The summed E-state index contributed by atoms with van der Waals surface area (Å²) in [6.07, 6.45) is 1.77. The highest BCUT2D eigenvalue weighted by molar-refractivity contribution is 8.27. The lowest BCUT2D eigenvalue weighted by molar-refractivity contribution is -0.118. The SMILES string of the molecule is COc1cc(/C=C2\SC(=S)N(c3cccc(C)c3)C2=O)ccc1OCC(=O)Nc1cccc(C)c1C. The maximum Gasteiger partial charge on any atom is 0.270 e. The summed E-state index contributed by atoms with van der Waals surface area (Å²) in [7, 11) is 1.53. The molecular formula is C28H26N2O4S2. The van der Waals surface area contributed by atoms with Gasteiger partial charge in [-0.15, -0.1) is 0 Å². The standard InChI is InChI=1S/C28H26N2O4S2/c1-17-7-5-9-21(13-17)30-27(32)25(36-28(30)35)15-20-11-12-23(24(14-20)33-4)34-16-26(31)29-22-10-6-8-18(2)19(22)3/h5-15H,16H2,1-4H3,(H,29,31)/b25-15-. The number of carbonyl (C=O) groups is 2. The first-order chi connectivity index (χ1) is 17.3. The summed E-state index contributed by atoms with van der Waals surface area (Å²) in [6, 6.07) is 18.7. The van der Waals surface area contributed by atoms with Gasteiger partial charge in [0, 0.05) is 5.69 Å². The summed E-state index contributed by atoms with van der Waals surface area (Å²) < 4.78 is 11.7. The van der Waals surface area contributed by atoms with Crippen molar-refractivity contribution in [2.75, 3.05) is 23.9 Å². The van der Waals surface area contributed by atoms with Gasteiger partial charge in [-0.2, -0.15) is 0 Å². The first kappa shape index (κ1) is 25.5. The number of nitrogens with zero attached hydrogens (tertiary/aromatic N) is 1. The van der Waals surface area contributed by atoms with Crippen LogP contribution in [0.25, 0.3) is 6.08 Å². The van der Waals surface area contributed by atoms with E-state index in [1.54, 1.807) is 29.2 Å². The molecule has 3 aromatic carbocycles. The van der Waals surface area contributed by atoms with Crippen LogP contribution < -0.4 is 19.7 Å². The second kappa shape index (κ2) is 11.0. The highest BCUT2D eigenvalue weighted by Gasteiger charge is 2.33. The fourth-order valence-electron chi connectivity index (χ4n) is 3.72. The van der Waals surface area contributed by atoms with E-state index in [4.69, 9.17) is 21.7 Å². The van der Waals surface area contributed by atoms with Crippen LogP contribution in [0.3, 0.4) is 0 Å². The Bertz CT molecular complexity index is 1380. The molecule has 0 saturated carbocycles. The Morgan fingerprint density at radius 3 is 2.58 bits per heavy atom. The number of thiocarbonyl (C=S) groups is 1. The topological polar surface area (TPSA) is 67.9 Å². The van der Waals surface area contributed by atoms with Crippen LogP contribution in [-0.4, -0.2) is 29.9 Å². The molecule has 6 nitrogen and oxygen atoms in total. The number of benzene rings is 3. The molecule has 1 fully saturated rings. The first-order valence-electron chi connectivity index (χ1n) is 11.3. The lowest BCUT2D eigenvalue weighted by Gasteiger charge is -2.15. The number of hydrogen-bond acceptors (Lipinski definition) is 6. The van der Waals surface area contributed by atoms with Crippen molar-refractivity contribution in [3.63, 3.8) is 0 Å². The molecule has 2 amide bonds. The summed E-state index contributed by atoms with van der Waals surface area (Å²) in [4.78, 5) is 27.6. The first-order valence-corrected chi connectivity index (χ1v) is 12.5. The van der Waals surface area contributed by atoms with Crippen molar-refractivity contribution in [3.8, 4) is 11.5 Å². The van der Waals surface area contributed by atoms with Gasteiger partial charge in [0.25, 0.3) is 11.8 Å². The van der Waals surface area contributed by atoms with E-state index < -0.39 is 0 Å². The Morgan fingerprint density at radius 1 is 1.06 bits per heavy atom. The van der Waals surface area contributed by atoms with E-state index in [2.05, 4.69) is 5.32 Å². The van der Waals surface area contributed by atoms with Gasteiger partial charge >= 0.3 is 0 Å². The Kier molecular flexibility index (Phi) is 7.76. The van der Waals surface area contributed by atoms with Gasteiger partial charge < -0.3 is 14.8 Å². The van der Waals surface area contributed by atoms with Crippen LogP contribution in [-0.2, 0) is 9.59 Å². The number of anilines is 2. The summed E-state index contributed by atoms with van der Waals surface area (Å²) >= 11 is 6.73. The fraction of sp³-hybridized carbons (Fsp3) is 0.179. The number of amides is 2. The zero-order valence-corrected chi connectivity index (χ0v) is 22.1. The second-order valence-corrected chi connectivity index (χ2v) is 10.0. The molecule has 0 atom stereocenters. The van der Waals surface area contributed by atoms with Crippen LogP contribution in [0, 0.1) is 20.8 Å². The molecule has 36 heavy (non-hydrogen) atoms. The summed E-state index contributed by atoms with van der Waals surface area (Å²) in [6.45, 7) is 5.76. The highest BCUT2D eigenvalue weighted by Crippen LogP contribution is 2.37. The number of nitrogens with one attached hydrogen (secondary N) is 1. The fourth-order valence-corrected chi connectivity index (χ4v) is 5.02. The third kappa shape index (κ3) is 5.61. The van der Waals surface area contributed by atoms with Gasteiger partial charge in [-0.25, -0.2) is 0 Å². The maximum absolute atomic E-state index is 13.1. The molecule has 184 valence electrons. The van der Waals surface area contributed by atoms with E-state index in [0.29, 0.717) is 20.7 Å². The monoisotopic (exact) mass is 518 g/mol. The number of ether oxygens (including phenoxy) is 2. The number of thioether (sulfide) groups is 1. The van der Waals surface area contributed by atoms with Crippen molar-refractivity contribution in [1.29, 1.82) is 0 Å². The van der Waals surface area contributed by atoms with Gasteiger partial charge in [0.1, 0.15) is 0 Å². The van der Waals surface area contributed by atoms with Gasteiger partial charge in [0.05, 0.1) is 17.7 Å². The predicted molar refractivity (Wildman–Crippen MR) is 150 cm³/mol. The number of aryl methyl sites for hydroxylation is 2. The smallest absolute Gasteiger partial charge is 0.270 e. The summed E-state index contributed by atoms with van der Waals surface area (Å²) in [5, 5.41) is 2.88. The lowest BCUT2D eigenvalue weighted by atomic mass is 10.1. The Labute approximate surface area is 220 Å². The molecule has 0 spiro atoms. The van der Waals surface area contributed by atoms with Crippen molar-refractivity contribution in [3.05, 3.63) is 87.8 Å². The van der Waals surface area contributed by atoms with Crippen LogP contribution in [0.1, 0.15) is 22.3 Å². The van der Waals surface area contributed by atoms with Gasteiger partial charge in [-0.1, -0.05) is 54.3 Å². The molecule has 0 unspecified atom stereocenters. The lowest BCUT2D eigenvalue weighted by Crippen LogP contribution is -2.27. The van der Waals surface area contributed by atoms with E-state index in [9.17, 15) is 9.59 Å². The van der Waals surface area contributed by atoms with Crippen molar-refractivity contribution in [2.24, 2.45) is 0 Å². The minimum atomic E-state index is -0.269. The van der Waals surface area contributed by atoms with Crippen LogP contribution in [0.2, 0.25) is 0 Å². The average molecular weight is 519 g/mol. The Morgan fingerprint density at radius 2 is 1.83 bits per heavy atom. The van der Waals surface area contributed by atoms with E-state index in [0.717, 1.165) is 33.6 Å². The van der Waals surface area contributed by atoms with Gasteiger partial charge in [0.2, 0.25) is 0 Å². The van der Waals surface area contributed by atoms with Crippen LogP contribution in [0.4, 0.5) is 11.4 Å². The predicted octanol–water partition coefficient (Wildman–Crippen LogP) is 6.04. The van der Waals surface area contributed by atoms with Crippen molar-refractivity contribution >= 4 is 57.6 Å². The number of methoxy groups -OCH3 is 1. The molecule has 4 rings (SSSR count). The highest BCUT2D eigenvalue weighted by atomic mass is 32.2. The van der Waals surface area contributed by atoms with Gasteiger partial charge in [-0.3, -0.25) is 14.5 Å². The zero-order valence-electron chi connectivity index (χ0n) is 20.5. The van der Waals surface area contributed by atoms with E-state index in [1.807, 2.05) is 63.2 Å². The minimum absolute atomic E-state index is 0.168. The van der Waals surface area contributed by atoms with E-state index in [-0.39, 0.29) is 18.4 Å². The van der Waals surface area contributed by atoms with Gasteiger partial charge in [0.15, 0.2) is 22.4 Å². The Hall–Kier alpha value is -3.62. The molecule has 1 aliphatic heterocycles. The van der Waals surface area contributed by atoms with Gasteiger partial charge in [-0.05, 0) is 79.4 Å². The molecular weight excluding hydrogens is 492 g/mol. The van der Waals surface area contributed by atoms with Crippen LogP contribution in [0.5, 0.6) is 11.5 Å². The maximum atomic E-state index is 13.1. The molecule has 1 aliphatic rings. The quantitative estimate of drug-likeness (QED) is 0.304. The van der Waals surface area contributed by atoms with E-state index >= 15 is 0 Å². The molecule has 0 aromatic heterocycles. The number of carbonyl (C=O) groups excluding carboxylic acids is 2. The summed E-state index contributed by atoms with van der Waals surface area (Å²) in [5.41, 5.74) is 5.43. The van der Waals surface area contributed by atoms with Crippen molar-refractivity contribution in [2.45, 2.75) is 20.8 Å². The number of rotatable bonds is 7. The third-order valence-corrected chi connectivity index (χ3v) is 7.08. The number of hydrogen-bond donors (Lipinski definition) is 1.